The molecule has 0 aromatic heterocycles. The Bertz CT molecular complexity index is 791. The number of rotatable bonds is 2. The Morgan fingerprint density at radius 3 is 2.39 bits per heavy atom. The van der Waals surface area contributed by atoms with Crippen molar-refractivity contribution in [2.75, 3.05) is 6.61 Å². The molecule has 2 bridgehead atoms. The molecule has 1 aliphatic carbocycles. The first kappa shape index (κ1) is 22.5. The Kier molecular flexibility index (Phi) is 5.80. The molecule has 0 amide bonds. The molecular weight excluding hydrogens is 400 g/mol. The van der Waals surface area contributed by atoms with Gasteiger partial charge in [-0.05, 0) is 36.7 Å². The van der Waals surface area contributed by atoms with Crippen LogP contribution >= 0.6 is 0 Å². The van der Waals surface area contributed by atoms with Crippen molar-refractivity contribution in [2.24, 2.45) is 29.6 Å². The van der Waals surface area contributed by atoms with E-state index in [2.05, 4.69) is 20.4 Å². The minimum absolute atomic E-state index is 0.0295. The van der Waals surface area contributed by atoms with Gasteiger partial charge in [0.2, 0.25) is 0 Å². The molecule has 3 heterocycles. The van der Waals surface area contributed by atoms with E-state index >= 15 is 0 Å². The maximum atomic E-state index is 13.0. The van der Waals surface area contributed by atoms with Crippen LogP contribution < -0.4 is 0 Å². The average Bonchev–Trinajstić information content (AvgIpc) is 3.02. The molecule has 0 N–H and O–H groups in total. The Hall–Kier alpha value is -1.73. The maximum absolute atomic E-state index is 13.0. The van der Waals surface area contributed by atoms with Crippen molar-refractivity contribution in [3.63, 3.8) is 0 Å². The lowest BCUT2D eigenvalue weighted by Gasteiger charge is -2.47. The summed E-state index contributed by atoms with van der Waals surface area (Å²) in [6, 6.07) is 0. The van der Waals surface area contributed by atoms with Crippen molar-refractivity contribution in [2.45, 2.75) is 83.9 Å². The highest BCUT2D eigenvalue weighted by Gasteiger charge is 2.65. The van der Waals surface area contributed by atoms with Gasteiger partial charge in [-0.2, -0.15) is 0 Å². The quantitative estimate of drug-likeness (QED) is 0.488. The Balaban J connectivity index is 1.84. The molecule has 0 radical (unpaired) electrons. The molecular formula is C24H34O7. The van der Waals surface area contributed by atoms with Crippen molar-refractivity contribution >= 4 is 17.7 Å². The second-order valence-electron chi connectivity index (χ2n) is 10.2. The molecule has 172 valence electrons. The van der Waals surface area contributed by atoms with E-state index < -0.39 is 17.7 Å². The van der Waals surface area contributed by atoms with Crippen LogP contribution in [0.2, 0.25) is 0 Å². The second kappa shape index (κ2) is 8.00. The molecule has 0 spiro atoms. The molecule has 31 heavy (non-hydrogen) atoms. The van der Waals surface area contributed by atoms with Gasteiger partial charge >= 0.3 is 11.9 Å². The predicted octanol–water partition coefficient (Wildman–Crippen LogP) is 2.85. The zero-order valence-electron chi connectivity index (χ0n) is 19.1. The normalized spacial score (nSPS) is 46.9. The maximum Gasteiger partial charge on any atom is 0.303 e. The lowest BCUT2D eigenvalue weighted by molar-refractivity contribution is -0.201. The highest BCUT2D eigenvalue weighted by molar-refractivity contribution is 5.95. The molecule has 10 atom stereocenters. The number of Topliss-reactive ketones (excluding diaryl/α,β-unsaturated/α-hetero) is 1. The van der Waals surface area contributed by atoms with Crippen molar-refractivity contribution < 1.29 is 33.3 Å². The van der Waals surface area contributed by atoms with E-state index in [0.29, 0.717) is 24.5 Å². The van der Waals surface area contributed by atoms with E-state index in [1.54, 1.807) is 0 Å². The van der Waals surface area contributed by atoms with Crippen LogP contribution in [-0.4, -0.2) is 54.3 Å². The largest absolute Gasteiger partial charge is 0.462 e. The Morgan fingerprint density at radius 2 is 1.74 bits per heavy atom. The van der Waals surface area contributed by atoms with Crippen LogP contribution in [0.25, 0.3) is 0 Å². The number of ether oxygens (including phenoxy) is 4. The van der Waals surface area contributed by atoms with Crippen LogP contribution in [0, 0.1) is 29.6 Å². The smallest absolute Gasteiger partial charge is 0.303 e. The van der Waals surface area contributed by atoms with Gasteiger partial charge in [-0.15, -0.1) is 0 Å². The summed E-state index contributed by atoms with van der Waals surface area (Å²) < 4.78 is 24.6. The first-order chi connectivity index (χ1) is 14.5. The first-order valence-corrected chi connectivity index (χ1v) is 11.4. The number of carbonyl (C=O) groups excluding carboxylic acids is 3. The monoisotopic (exact) mass is 434 g/mol. The van der Waals surface area contributed by atoms with Gasteiger partial charge in [-0.25, -0.2) is 0 Å². The molecule has 3 saturated heterocycles. The van der Waals surface area contributed by atoms with Crippen LogP contribution in [0.4, 0.5) is 0 Å². The molecule has 1 saturated carbocycles. The molecule has 7 heteroatoms. The van der Waals surface area contributed by atoms with Gasteiger partial charge in [-0.1, -0.05) is 20.4 Å². The number of ketones is 1. The van der Waals surface area contributed by atoms with Gasteiger partial charge in [-0.3, -0.25) is 14.4 Å². The third-order valence-electron chi connectivity index (χ3n) is 8.04. The fraction of sp³-hybridized carbons (Fsp3) is 0.792. The molecule has 7 nitrogen and oxygen atoms in total. The Labute approximate surface area is 183 Å². The fourth-order valence-corrected chi connectivity index (χ4v) is 6.58. The van der Waals surface area contributed by atoms with E-state index in [4.69, 9.17) is 18.9 Å². The minimum atomic E-state index is -0.978. The van der Waals surface area contributed by atoms with E-state index in [1.807, 2.05) is 6.92 Å². The van der Waals surface area contributed by atoms with Gasteiger partial charge in [0.15, 0.2) is 5.78 Å². The summed E-state index contributed by atoms with van der Waals surface area (Å²) in [4.78, 5) is 36.9. The summed E-state index contributed by atoms with van der Waals surface area (Å²) >= 11 is 0. The second-order valence-corrected chi connectivity index (χ2v) is 10.2. The van der Waals surface area contributed by atoms with E-state index in [1.165, 1.54) is 13.8 Å². The van der Waals surface area contributed by atoms with Gasteiger partial charge in [0.05, 0.1) is 25.2 Å². The highest BCUT2D eigenvalue weighted by Crippen LogP contribution is 2.57. The van der Waals surface area contributed by atoms with Crippen LogP contribution in [-0.2, 0) is 33.3 Å². The van der Waals surface area contributed by atoms with Crippen LogP contribution in [0.15, 0.2) is 12.2 Å². The molecule has 3 aliphatic heterocycles. The molecule has 1 unspecified atom stereocenters. The number of fused-ring (bicyclic) bond motifs is 2. The number of esters is 2. The van der Waals surface area contributed by atoms with Crippen LogP contribution in [0.5, 0.6) is 0 Å². The zero-order valence-corrected chi connectivity index (χ0v) is 19.1. The fourth-order valence-electron chi connectivity index (χ4n) is 6.58. The lowest BCUT2D eigenvalue weighted by Crippen LogP contribution is -2.57. The highest BCUT2D eigenvalue weighted by atomic mass is 16.6. The number of hydrogen-bond acceptors (Lipinski definition) is 7. The number of hydrogen-bond donors (Lipinski definition) is 0. The lowest BCUT2D eigenvalue weighted by atomic mass is 9.59. The number of carbonyl (C=O) groups is 3. The summed E-state index contributed by atoms with van der Waals surface area (Å²) in [7, 11) is 0. The van der Waals surface area contributed by atoms with Crippen molar-refractivity contribution in [1.29, 1.82) is 0 Å². The molecule has 4 rings (SSSR count). The van der Waals surface area contributed by atoms with Gasteiger partial charge in [0.1, 0.15) is 17.8 Å². The summed E-state index contributed by atoms with van der Waals surface area (Å²) in [6.07, 6.45) is -0.416. The standard InChI is InChI=1S/C24H34O7/c1-11-8-18-21-20-16(7-12(2)22(21)30-15(5)26)13(3)10-28-24(6,23(20)31-18)19(9-17(11)27)29-14(4)25/h12-13,16,18-23H,1,7-10H2,2-6H3/t12-,13+,16+,18?,19-,20+,21+,22-,23+,24+/m1/s1. The van der Waals surface area contributed by atoms with Crippen molar-refractivity contribution in [1.82, 2.24) is 0 Å². The van der Waals surface area contributed by atoms with Crippen LogP contribution in [0.3, 0.4) is 0 Å². The van der Waals surface area contributed by atoms with Crippen LogP contribution in [0.1, 0.15) is 53.9 Å². The summed E-state index contributed by atoms with van der Waals surface area (Å²) in [5, 5.41) is 0. The molecule has 4 fully saturated rings. The van der Waals surface area contributed by atoms with E-state index in [-0.39, 0.29) is 60.2 Å². The third kappa shape index (κ3) is 3.74. The van der Waals surface area contributed by atoms with Crippen molar-refractivity contribution in [3.05, 3.63) is 12.2 Å². The zero-order chi connectivity index (χ0) is 22.7. The Morgan fingerprint density at radius 1 is 1.06 bits per heavy atom. The summed E-state index contributed by atoms with van der Waals surface area (Å²) in [5.74, 6) is -0.143. The summed E-state index contributed by atoms with van der Waals surface area (Å²) in [6.45, 7) is 13.5. The van der Waals surface area contributed by atoms with Crippen molar-refractivity contribution in [3.8, 4) is 0 Å². The first-order valence-electron chi connectivity index (χ1n) is 11.4. The molecule has 4 aliphatic rings. The van der Waals surface area contributed by atoms with E-state index in [9.17, 15) is 14.4 Å². The van der Waals surface area contributed by atoms with E-state index in [0.717, 1.165) is 6.42 Å². The topological polar surface area (TPSA) is 88.1 Å². The molecule has 0 aromatic rings. The minimum Gasteiger partial charge on any atom is -0.462 e. The molecule has 0 aromatic carbocycles. The third-order valence-corrected chi connectivity index (χ3v) is 8.04. The SMILES string of the molecule is C=C1CC2O[C@H]3[C@H]4[C@@H](C[C@@H](C)[C@@H](OC(C)=O)[C@@H]24)[C@@H](C)CO[C@@]3(C)[C@H](OC(C)=O)CC1=O. The predicted molar refractivity (Wildman–Crippen MR) is 111 cm³/mol. The van der Waals surface area contributed by atoms with Gasteiger partial charge in [0, 0.05) is 32.1 Å². The average molecular weight is 435 g/mol. The van der Waals surface area contributed by atoms with Gasteiger partial charge < -0.3 is 18.9 Å². The van der Waals surface area contributed by atoms with Gasteiger partial charge in [0.25, 0.3) is 0 Å². The summed E-state index contributed by atoms with van der Waals surface area (Å²) in [5.41, 5.74) is -0.525.